The Morgan fingerprint density at radius 2 is 1.76 bits per heavy atom. The normalized spacial score (nSPS) is 25.9. The molecule has 3 saturated carbocycles. The summed E-state index contributed by atoms with van der Waals surface area (Å²) in [5.41, 5.74) is -1.10. The highest BCUT2D eigenvalue weighted by Gasteiger charge is 2.72. The van der Waals surface area contributed by atoms with E-state index in [2.05, 4.69) is 10.1 Å². The van der Waals surface area contributed by atoms with Gasteiger partial charge in [0.2, 0.25) is 0 Å². The smallest absolute Gasteiger partial charge is 0.417 e. The lowest BCUT2D eigenvalue weighted by atomic mass is 9.29. The molecule has 0 amide bonds. The van der Waals surface area contributed by atoms with E-state index >= 15 is 0 Å². The summed E-state index contributed by atoms with van der Waals surface area (Å²) in [6, 6.07) is 9.89. The summed E-state index contributed by atoms with van der Waals surface area (Å²) in [4.78, 5) is 3.90. The van der Waals surface area contributed by atoms with Gasteiger partial charge >= 0.3 is 6.18 Å². The highest BCUT2D eigenvalue weighted by atomic mass is 19.4. The number of hydrogen-bond donors (Lipinski definition) is 2. The molecule has 3 aliphatic carbocycles. The van der Waals surface area contributed by atoms with E-state index in [0.717, 1.165) is 37.0 Å². The molecule has 3 aromatic rings. The Labute approximate surface area is 209 Å². The number of ether oxygens (including phenoxy) is 1. The molecule has 0 radical (unpaired) electrons. The summed E-state index contributed by atoms with van der Waals surface area (Å²) in [6.45, 7) is 0.923. The fraction of sp³-hybridized carbons (Fsp3) is 0.462. The fourth-order valence-corrected chi connectivity index (χ4v) is 6.17. The standard InChI is InChI=1S/C26H26F5N3O3/c1-16(25(36,13-34-15-32-14-33-34)20-7-4-18(27)8-21(20)28)23-10-24(11-23,12-23)17-2-5-19(6-3-17)37-9-22(35)26(29,30)31/h2-8,14-16,22,35-36H,9-13H2,1H3/t16?,22-,23?,24?,25?/m0/s1. The van der Waals surface area contributed by atoms with Gasteiger partial charge in [0, 0.05) is 11.6 Å². The van der Waals surface area contributed by atoms with Gasteiger partial charge < -0.3 is 14.9 Å². The van der Waals surface area contributed by atoms with E-state index in [1.807, 2.05) is 6.92 Å². The van der Waals surface area contributed by atoms with Crippen LogP contribution in [0.15, 0.2) is 55.1 Å². The molecule has 37 heavy (non-hydrogen) atoms. The molecule has 6 nitrogen and oxygen atoms in total. The van der Waals surface area contributed by atoms with Gasteiger partial charge in [-0.3, -0.25) is 0 Å². The molecule has 2 aromatic carbocycles. The number of aliphatic hydroxyl groups excluding tert-OH is 1. The van der Waals surface area contributed by atoms with Crippen molar-refractivity contribution in [3.8, 4) is 5.75 Å². The lowest BCUT2D eigenvalue weighted by Gasteiger charge is -2.75. The van der Waals surface area contributed by atoms with Crippen LogP contribution in [-0.2, 0) is 17.6 Å². The SMILES string of the molecule is CC(C12CC(c3ccc(OC[C@H](O)C(F)(F)F)cc3)(C1)C2)C(O)(Cn1cncn1)c1ccc(F)cc1F. The third-order valence-corrected chi connectivity index (χ3v) is 8.23. The Hall–Kier alpha value is -3.05. The largest absolute Gasteiger partial charge is 0.491 e. The van der Waals surface area contributed by atoms with Gasteiger partial charge in [0.15, 0.2) is 6.10 Å². The maximum atomic E-state index is 14.9. The van der Waals surface area contributed by atoms with Crippen molar-refractivity contribution in [1.29, 1.82) is 0 Å². The zero-order valence-electron chi connectivity index (χ0n) is 19.9. The van der Waals surface area contributed by atoms with Gasteiger partial charge in [0.05, 0.1) is 6.54 Å². The average Bonchev–Trinajstić information content (AvgIpc) is 3.28. The molecule has 3 aliphatic rings. The van der Waals surface area contributed by atoms with E-state index in [0.29, 0.717) is 0 Å². The van der Waals surface area contributed by atoms with E-state index in [-0.39, 0.29) is 28.7 Å². The Bertz CT molecular complexity index is 1250. The quantitative estimate of drug-likeness (QED) is 0.404. The third-order valence-electron chi connectivity index (χ3n) is 8.23. The highest BCUT2D eigenvalue weighted by molar-refractivity contribution is 5.43. The van der Waals surface area contributed by atoms with Crippen LogP contribution in [0.4, 0.5) is 22.0 Å². The monoisotopic (exact) mass is 523 g/mol. The Morgan fingerprint density at radius 1 is 1.08 bits per heavy atom. The van der Waals surface area contributed by atoms with Gasteiger partial charge in [-0.25, -0.2) is 18.4 Å². The maximum Gasteiger partial charge on any atom is 0.417 e. The molecular formula is C26H26F5N3O3. The number of nitrogens with zero attached hydrogens (tertiary/aromatic N) is 3. The van der Waals surface area contributed by atoms with Gasteiger partial charge in [-0.05, 0) is 59.8 Å². The van der Waals surface area contributed by atoms with Crippen molar-refractivity contribution in [2.24, 2.45) is 11.3 Å². The lowest BCUT2D eigenvalue weighted by molar-refractivity contribution is -0.231. The topological polar surface area (TPSA) is 80.4 Å². The summed E-state index contributed by atoms with van der Waals surface area (Å²) >= 11 is 0. The van der Waals surface area contributed by atoms with E-state index in [9.17, 15) is 27.1 Å². The molecule has 0 spiro atoms. The van der Waals surface area contributed by atoms with Crippen LogP contribution in [-0.4, -0.2) is 43.9 Å². The van der Waals surface area contributed by atoms with Crippen LogP contribution in [0.5, 0.6) is 5.75 Å². The molecule has 0 saturated heterocycles. The molecular weight excluding hydrogens is 497 g/mol. The molecule has 3 atom stereocenters. The van der Waals surface area contributed by atoms with Crippen molar-refractivity contribution in [3.63, 3.8) is 0 Å². The second-order valence-corrected chi connectivity index (χ2v) is 10.4. The van der Waals surface area contributed by atoms with Gasteiger partial charge in [0.25, 0.3) is 0 Å². The van der Waals surface area contributed by atoms with Gasteiger partial charge in [-0.15, -0.1) is 0 Å². The van der Waals surface area contributed by atoms with Crippen molar-refractivity contribution in [2.75, 3.05) is 6.61 Å². The number of alkyl halides is 3. The van der Waals surface area contributed by atoms with Crippen LogP contribution in [0.2, 0.25) is 0 Å². The van der Waals surface area contributed by atoms with Crippen LogP contribution in [0.25, 0.3) is 0 Å². The molecule has 6 rings (SSSR count). The van der Waals surface area contributed by atoms with E-state index in [1.165, 1.54) is 23.4 Å². The van der Waals surface area contributed by atoms with Crippen LogP contribution in [0, 0.1) is 23.0 Å². The molecule has 3 fully saturated rings. The second kappa shape index (κ2) is 8.76. The Morgan fingerprint density at radius 3 is 2.32 bits per heavy atom. The fourth-order valence-electron chi connectivity index (χ4n) is 6.17. The molecule has 198 valence electrons. The Kier molecular flexibility index (Phi) is 6.06. The summed E-state index contributed by atoms with van der Waals surface area (Å²) in [6.07, 6.45) is -2.36. The molecule has 2 bridgehead atoms. The number of hydrogen-bond acceptors (Lipinski definition) is 5. The summed E-state index contributed by atoms with van der Waals surface area (Å²) in [7, 11) is 0. The van der Waals surface area contributed by atoms with Crippen molar-refractivity contribution < 1.29 is 36.9 Å². The first-order chi connectivity index (χ1) is 17.4. The zero-order valence-corrected chi connectivity index (χ0v) is 19.9. The first-order valence-corrected chi connectivity index (χ1v) is 11.9. The van der Waals surface area contributed by atoms with E-state index in [1.54, 1.807) is 24.3 Å². The van der Waals surface area contributed by atoms with Crippen molar-refractivity contribution in [2.45, 2.75) is 56.0 Å². The zero-order chi connectivity index (χ0) is 26.6. The first-order valence-electron chi connectivity index (χ1n) is 11.9. The molecule has 11 heteroatoms. The van der Waals surface area contributed by atoms with Gasteiger partial charge in [-0.1, -0.05) is 25.1 Å². The summed E-state index contributed by atoms with van der Waals surface area (Å²) < 4.78 is 72.4. The van der Waals surface area contributed by atoms with Crippen LogP contribution in [0.3, 0.4) is 0 Å². The van der Waals surface area contributed by atoms with E-state index in [4.69, 9.17) is 9.84 Å². The van der Waals surface area contributed by atoms with E-state index < -0.39 is 42.0 Å². The minimum absolute atomic E-state index is 0.00165. The Balaban J connectivity index is 1.31. The average molecular weight is 524 g/mol. The van der Waals surface area contributed by atoms with Gasteiger partial charge in [-0.2, -0.15) is 18.3 Å². The maximum absolute atomic E-state index is 14.9. The van der Waals surface area contributed by atoms with Crippen molar-refractivity contribution >= 4 is 0 Å². The van der Waals surface area contributed by atoms with Crippen molar-refractivity contribution in [1.82, 2.24) is 14.8 Å². The summed E-state index contributed by atoms with van der Waals surface area (Å²) in [5, 5.41) is 25.1. The minimum Gasteiger partial charge on any atom is -0.491 e. The molecule has 2 N–H and O–H groups in total. The molecule has 1 aromatic heterocycles. The number of rotatable bonds is 9. The minimum atomic E-state index is -4.75. The lowest BCUT2D eigenvalue weighted by Crippen LogP contribution is -2.70. The second-order valence-electron chi connectivity index (χ2n) is 10.4. The number of aromatic nitrogens is 3. The number of benzene rings is 2. The predicted octanol–water partition coefficient (Wildman–Crippen LogP) is 4.50. The van der Waals surface area contributed by atoms with Gasteiger partial charge in [0.1, 0.15) is 42.2 Å². The van der Waals surface area contributed by atoms with Crippen LogP contribution in [0.1, 0.15) is 37.3 Å². The molecule has 2 unspecified atom stereocenters. The highest BCUT2D eigenvalue weighted by Crippen LogP contribution is 2.78. The predicted molar refractivity (Wildman–Crippen MR) is 121 cm³/mol. The third kappa shape index (κ3) is 4.37. The van der Waals surface area contributed by atoms with Crippen LogP contribution >= 0.6 is 0 Å². The van der Waals surface area contributed by atoms with Crippen molar-refractivity contribution in [3.05, 3.63) is 77.9 Å². The molecule has 0 aliphatic heterocycles. The molecule has 1 heterocycles. The number of halogens is 5. The first kappa shape index (κ1) is 25.6. The number of aliphatic hydroxyl groups is 2. The van der Waals surface area contributed by atoms with Crippen LogP contribution < -0.4 is 4.74 Å². The summed E-state index contributed by atoms with van der Waals surface area (Å²) in [5.74, 6) is -1.75.